The number of hydrogen-bond donors (Lipinski definition) is 1. The summed E-state index contributed by atoms with van der Waals surface area (Å²) < 4.78 is 5.62. The molecule has 0 saturated heterocycles. The van der Waals surface area contributed by atoms with Crippen molar-refractivity contribution in [3.63, 3.8) is 0 Å². The summed E-state index contributed by atoms with van der Waals surface area (Å²) >= 11 is 5.99. The fraction of sp³-hybridized carbons (Fsp3) is 0.0833. The van der Waals surface area contributed by atoms with Gasteiger partial charge in [0.15, 0.2) is 0 Å². The molecule has 3 nitrogen and oxygen atoms in total. The Morgan fingerprint density at radius 1 is 1.25 bits per heavy atom. The van der Waals surface area contributed by atoms with E-state index in [1.165, 1.54) is 0 Å². The van der Waals surface area contributed by atoms with E-state index < -0.39 is 0 Å². The van der Waals surface area contributed by atoms with Gasteiger partial charge in [-0.1, -0.05) is 23.7 Å². The first-order valence-electron chi connectivity index (χ1n) is 4.85. The van der Waals surface area contributed by atoms with E-state index in [1.54, 1.807) is 18.5 Å². The minimum atomic E-state index is 0.581. The summed E-state index contributed by atoms with van der Waals surface area (Å²) in [6.45, 7) is 0. The Morgan fingerprint density at radius 2 is 2.06 bits per heavy atom. The fourth-order valence-corrected chi connectivity index (χ4v) is 1.44. The van der Waals surface area contributed by atoms with Crippen LogP contribution >= 0.6 is 11.6 Å². The van der Waals surface area contributed by atoms with Gasteiger partial charge in [-0.15, -0.1) is 0 Å². The van der Waals surface area contributed by atoms with Crippen LogP contribution in [-0.4, -0.2) is 12.0 Å². The monoisotopic (exact) mass is 234 g/mol. The molecule has 2 rings (SSSR count). The van der Waals surface area contributed by atoms with Crippen LogP contribution < -0.4 is 10.1 Å². The molecule has 1 N–H and O–H groups in total. The Hall–Kier alpha value is -1.74. The maximum absolute atomic E-state index is 5.99. The molecule has 1 aromatic heterocycles. The quantitative estimate of drug-likeness (QED) is 0.882. The summed E-state index contributed by atoms with van der Waals surface area (Å²) in [4.78, 5) is 4.05. The average Bonchev–Trinajstić information content (AvgIpc) is 2.32. The smallest absolute Gasteiger partial charge is 0.147 e. The molecule has 1 aromatic carbocycles. The maximum Gasteiger partial charge on any atom is 0.147 e. The molecular formula is C12H11ClN2O. The van der Waals surface area contributed by atoms with Gasteiger partial charge >= 0.3 is 0 Å². The van der Waals surface area contributed by atoms with E-state index in [4.69, 9.17) is 16.3 Å². The average molecular weight is 235 g/mol. The van der Waals surface area contributed by atoms with Crippen molar-refractivity contribution in [2.45, 2.75) is 0 Å². The van der Waals surface area contributed by atoms with Crippen LogP contribution in [0.25, 0.3) is 0 Å². The highest BCUT2D eigenvalue weighted by Crippen LogP contribution is 2.29. The SMILES string of the molecule is CNc1cncc(Oc2ccccc2Cl)c1. The molecule has 82 valence electrons. The Kier molecular flexibility index (Phi) is 3.27. The van der Waals surface area contributed by atoms with Crippen LogP contribution in [0.5, 0.6) is 11.5 Å². The molecule has 0 aliphatic heterocycles. The van der Waals surface area contributed by atoms with Crippen LogP contribution in [-0.2, 0) is 0 Å². The number of ether oxygens (including phenoxy) is 1. The summed E-state index contributed by atoms with van der Waals surface area (Å²) in [5, 5.41) is 3.57. The fourth-order valence-electron chi connectivity index (χ4n) is 1.27. The number of nitrogens with one attached hydrogen (secondary N) is 1. The number of hydrogen-bond acceptors (Lipinski definition) is 3. The minimum absolute atomic E-state index is 0.581. The van der Waals surface area contributed by atoms with Gasteiger partial charge in [0.05, 0.1) is 23.1 Å². The van der Waals surface area contributed by atoms with Crippen molar-refractivity contribution in [3.8, 4) is 11.5 Å². The highest BCUT2D eigenvalue weighted by atomic mass is 35.5. The van der Waals surface area contributed by atoms with E-state index in [-0.39, 0.29) is 0 Å². The van der Waals surface area contributed by atoms with Crippen molar-refractivity contribution >= 4 is 17.3 Å². The second-order valence-corrected chi connectivity index (χ2v) is 3.60. The van der Waals surface area contributed by atoms with Crippen LogP contribution in [0, 0.1) is 0 Å². The highest BCUT2D eigenvalue weighted by Gasteiger charge is 2.02. The molecular weight excluding hydrogens is 224 g/mol. The number of nitrogens with zero attached hydrogens (tertiary/aromatic N) is 1. The molecule has 0 spiro atoms. The van der Waals surface area contributed by atoms with Crippen LogP contribution in [0.1, 0.15) is 0 Å². The van der Waals surface area contributed by atoms with Gasteiger partial charge in [0.25, 0.3) is 0 Å². The Labute approximate surface area is 99.0 Å². The largest absolute Gasteiger partial charge is 0.454 e. The summed E-state index contributed by atoms with van der Waals surface area (Å²) in [5.74, 6) is 1.28. The van der Waals surface area contributed by atoms with Crippen LogP contribution in [0.15, 0.2) is 42.7 Å². The third kappa shape index (κ3) is 2.44. The van der Waals surface area contributed by atoms with Crippen molar-refractivity contribution in [2.24, 2.45) is 0 Å². The second kappa shape index (κ2) is 4.86. The van der Waals surface area contributed by atoms with Crippen molar-refractivity contribution in [1.29, 1.82) is 0 Å². The van der Waals surface area contributed by atoms with Crippen LogP contribution in [0.2, 0.25) is 5.02 Å². The lowest BCUT2D eigenvalue weighted by atomic mass is 10.3. The lowest BCUT2D eigenvalue weighted by Gasteiger charge is -2.07. The molecule has 0 fully saturated rings. The first kappa shape index (κ1) is 10.8. The molecule has 0 saturated carbocycles. The molecule has 1 heterocycles. The Balaban J connectivity index is 2.24. The molecule has 0 unspecified atom stereocenters. The van der Waals surface area contributed by atoms with E-state index in [0.717, 1.165) is 5.69 Å². The normalized spacial score (nSPS) is 9.88. The first-order chi connectivity index (χ1) is 7.79. The van der Waals surface area contributed by atoms with E-state index in [1.807, 2.05) is 31.3 Å². The first-order valence-corrected chi connectivity index (χ1v) is 5.22. The summed E-state index contributed by atoms with van der Waals surface area (Å²) in [7, 11) is 1.83. The topological polar surface area (TPSA) is 34.2 Å². The van der Waals surface area contributed by atoms with Crippen molar-refractivity contribution in [1.82, 2.24) is 4.98 Å². The minimum Gasteiger partial charge on any atom is -0.454 e. The lowest BCUT2D eigenvalue weighted by molar-refractivity contribution is 0.481. The van der Waals surface area contributed by atoms with Gasteiger partial charge < -0.3 is 10.1 Å². The predicted octanol–water partition coefficient (Wildman–Crippen LogP) is 3.57. The van der Waals surface area contributed by atoms with Gasteiger partial charge in [0, 0.05) is 13.1 Å². The van der Waals surface area contributed by atoms with E-state index in [9.17, 15) is 0 Å². The zero-order valence-corrected chi connectivity index (χ0v) is 9.53. The van der Waals surface area contributed by atoms with Crippen molar-refractivity contribution in [3.05, 3.63) is 47.7 Å². The molecule has 0 amide bonds. The molecule has 0 radical (unpaired) electrons. The van der Waals surface area contributed by atoms with E-state index >= 15 is 0 Å². The summed E-state index contributed by atoms with van der Waals surface area (Å²) in [6.07, 6.45) is 3.36. The molecule has 0 aliphatic rings. The zero-order valence-electron chi connectivity index (χ0n) is 8.77. The number of para-hydroxylation sites is 1. The van der Waals surface area contributed by atoms with Gasteiger partial charge in [-0.05, 0) is 12.1 Å². The Morgan fingerprint density at radius 3 is 2.81 bits per heavy atom. The van der Waals surface area contributed by atoms with Crippen molar-refractivity contribution < 1.29 is 4.74 Å². The number of halogens is 1. The molecule has 2 aromatic rings. The van der Waals surface area contributed by atoms with Gasteiger partial charge in [-0.25, -0.2) is 0 Å². The van der Waals surface area contributed by atoms with Gasteiger partial charge in [0.2, 0.25) is 0 Å². The van der Waals surface area contributed by atoms with E-state index in [0.29, 0.717) is 16.5 Å². The third-order valence-electron chi connectivity index (χ3n) is 2.07. The van der Waals surface area contributed by atoms with Crippen LogP contribution in [0.4, 0.5) is 5.69 Å². The molecule has 0 atom stereocenters. The predicted molar refractivity (Wildman–Crippen MR) is 65.3 cm³/mol. The number of pyridine rings is 1. The number of aromatic nitrogens is 1. The summed E-state index contributed by atoms with van der Waals surface area (Å²) in [6, 6.07) is 9.19. The summed E-state index contributed by atoms with van der Waals surface area (Å²) in [5.41, 5.74) is 0.893. The molecule has 0 bridgehead atoms. The van der Waals surface area contributed by atoms with Gasteiger partial charge in [-0.2, -0.15) is 0 Å². The zero-order chi connectivity index (χ0) is 11.4. The number of benzene rings is 1. The lowest BCUT2D eigenvalue weighted by Crippen LogP contribution is -1.91. The maximum atomic E-state index is 5.99. The molecule has 0 aliphatic carbocycles. The second-order valence-electron chi connectivity index (χ2n) is 3.19. The molecule has 4 heteroatoms. The van der Waals surface area contributed by atoms with Crippen LogP contribution in [0.3, 0.4) is 0 Å². The van der Waals surface area contributed by atoms with Gasteiger partial charge in [-0.3, -0.25) is 4.98 Å². The third-order valence-corrected chi connectivity index (χ3v) is 2.38. The van der Waals surface area contributed by atoms with Gasteiger partial charge in [0.1, 0.15) is 11.5 Å². The number of rotatable bonds is 3. The Bertz CT molecular complexity index is 488. The number of anilines is 1. The van der Waals surface area contributed by atoms with E-state index in [2.05, 4.69) is 10.3 Å². The highest BCUT2D eigenvalue weighted by molar-refractivity contribution is 6.32. The molecule has 16 heavy (non-hydrogen) atoms. The standard InChI is InChI=1S/C12H11ClN2O/c1-14-9-6-10(8-15-7-9)16-12-5-3-2-4-11(12)13/h2-8,14H,1H3. The van der Waals surface area contributed by atoms with Crippen molar-refractivity contribution in [2.75, 3.05) is 12.4 Å².